The summed E-state index contributed by atoms with van der Waals surface area (Å²) in [6, 6.07) is -1.52. The van der Waals surface area contributed by atoms with Gasteiger partial charge in [-0.05, 0) is 0 Å². The minimum absolute atomic E-state index is 0.186. The van der Waals surface area contributed by atoms with E-state index < -0.39 is 49.1 Å². The Hall–Kier alpha value is -1.58. The lowest BCUT2D eigenvalue weighted by molar-refractivity contribution is -0.150. The van der Waals surface area contributed by atoms with Crippen molar-refractivity contribution in [1.29, 1.82) is 0 Å². The van der Waals surface area contributed by atoms with E-state index in [9.17, 15) is 19.2 Å². The molecule has 0 heterocycles. The number of hydrogen-bond acceptors (Lipinski definition) is 10. The smallest absolute Gasteiger partial charge is 0.394 e. The van der Waals surface area contributed by atoms with Gasteiger partial charge in [0.05, 0.1) is 25.3 Å². The van der Waals surface area contributed by atoms with Crippen LogP contribution in [0.1, 0.15) is 0 Å². The Kier molecular flexibility index (Phi) is 22.2. The van der Waals surface area contributed by atoms with Gasteiger partial charge < -0.3 is 41.3 Å². The van der Waals surface area contributed by atoms with Gasteiger partial charge in [-0.2, -0.15) is 0 Å². The number of carbonyl (C=O) groups is 4. The molecule has 0 aromatic rings. The lowest BCUT2D eigenvalue weighted by Gasteiger charge is -2.16. The van der Waals surface area contributed by atoms with Crippen LogP contribution in [0, 0.1) is 0 Å². The highest BCUT2D eigenvalue weighted by atomic mass is 33.1. The summed E-state index contributed by atoms with van der Waals surface area (Å²) in [6.45, 7) is -0.905. The van der Waals surface area contributed by atoms with E-state index in [0.29, 0.717) is 0 Å². The first-order chi connectivity index (χ1) is 12.3. The number of carboxylic acids is 2. The summed E-state index contributed by atoms with van der Waals surface area (Å²) in [5.41, 5.74) is 0. The Bertz CT molecular complexity index is 387. The van der Waals surface area contributed by atoms with Crippen molar-refractivity contribution in [3.8, 4) is 0 Å². The SMILES string of the molecule is CO.CO.O=C(O)C(=O)NC(CO)CSSCC(CO)NC(=O)C(=O)O. The van der Waals surface area contributed by atoms with Crippen molar-refractivity contribution >= 4 is 45.3 Å². The molecule has 0 rings (SSSR count). The maximum atomic E-state index is 10.9. The molecule has 0 bridgehead atoms. The van der Waals surface area contributed by atoms with Gasteiger partial charge in [-0.15, -0.1) is 0 Å². The highest BCUT2D eigenvalue weighted by molar-refractivity contribution is 8.76. The van der Waals surface area contributed by atoms with Gasteiger partial charge in [0.25, 0.3) is 0 Å². The molecule has 12 nitrogen and oxygen atoms in total. The van der Waals surface area contributed by atoms with Crippen molar-refractivity contribution in [1.82, 2.24) is 10.6 Å². The average molecular weight is 420 g/mol. The third kappa shape index (κ3) is 15.9. The lowest BCUT2D eigenvalue weighted by Crippen LogP contribution is -2.43. The Morgan fingerprint density at radius 2 is 1.00 bits per heavy atom. The molecule has 0 aromatic heterocycles. The monoisotopic (exact) mass is 420 g/mol. The second-order valence-electron chi connectivity index (χ2n) is 3.89. The summed E-state index contributed by atoms with van der Waals surface area (Å²) in [5, 5.41) is 53.0. The minimum Gasteiger partial charge on any atom is -0.474 e. The molecule has 2 amide bonds. The highest BCUT2D eigenvalue weighted by Gasteiger charge is 2.19. The summed E-state index contributed by atoms with van der Waals surface area (Å²) in [7, 11) is 4.32. The number of aliphatic carboxylic acids is 2. The van der Waals surface area contributed by atoms with Gasteiger partial charge >= 0.3 is 23.8 Å². The molecule has 8 N–H and O–H groups in total. The quantitative estimate of drug-likeness (QED) is 0.105. The number of carboxylic acid groups (broad SMARTS) is 2. The molecule has 26 heavy (non-hydrogen) atoms. The van der Waals surface area contributed by atoms with Crippen LogP contribution in [-0.4, -0.2) is 105 Å². The number of hydrogen-bond donors (Lipinski definition) is 8. The van der Waals surface area contributed by atoms with Crippen LogP contribution < -0.4 is 10.6 Å². The van der Waals surface area contributed by atoms with Gasteiger partial charge in [0, 0.05) is 25.7 Å². The van der Waals surface area contributed by atoms with E-state index in [4.69, 9.17) is 30.6 Å². The van der Waals surface area contributed by atoms with Crippen LogP contribution in [0.4, 0.5) is 0 Å². The fraction of sp³-hybridized carbons (Fsp3) is 0.667. The summed E-state index contributed by atoms with van der Waals surface area (Å²) in [6.07, 6.45) is 0. The molecule has 0 aliphatic rings. The van der Waals surface area contributed by atoms with Crippen molar-refractivity contribution in [2.24, 2.45) is 0 Å². The number of amides is 2. The van der Waals surface area contributed by atoms with E-state index in [2.05, 4.69) is 10.6 Å². The summed E-state index contributed by atoms with van der Waals surface area (Å²) in [5.74, 6) is -5.41. The molecule has 0 aliphatic heterocycles. The molecular formula is C12H24N2O10S2. The molecule has 0 saturated heterocycles. The van der Waals surface area contributed by atoms with Gasteiger partial charge in [0.1, 0.15) is 0 Å². The Morgan fingerprint density at radius 3 is 1.19 bits per heavy atom. The molecule has 0 saturated carbocycles. The lowest BCUT2D eigenvalue weighted by atomic mass is 10.3. The van der Waals surface area contributed by atoms with E-state index in [-0.39, 0.29) is 11.5 Å². The fourth-order valence-corrected chi connectivity index (χ4v) is 3.50. The zero-order valence-electron chi connectivity index (χ0n) is 14.1. The maximum Gasteiger partial charge on any atom is 0.394 e. The van der Waals surface area contributed by atoms with Gasteiger partial charge in [0.2, 0.25) is 0 Å². The second kappa shape index (κ2) is 19.7. The fourth-order valence-electron chi connectivity index (χ4n) is 1.03. The maximum absolute atomic E-state index is 10.9. The number of aliphatic hydroxyl groups excluding tert-OH is 4. The largest absolute Gasteiger partial charge is 0.474 e. The van der Waals surface area contributed by atoms with Gasteiger partial charge in [-0.25, -0.2) is 9.59 Å². The van der Waals surface area contributed by atoms with Gasteiger partial charge in [-0.1, -0.05) is 21.6 Å². The predicted molar refractivity (Wildman–Crippen MR) is 94.5 cm³/mol. The zero-order chi connectivity index (χ0) is 21.1. The number of nitrogens with one attached hydrogen (secondary N) is 2. The average Bonchev–Trinajstić information content (AvgIpc) is 2.65. The van der Waals surface area contributed by atoms with Crippen LogP contribution in [0.2, 0.25) is 0 Å². The minimum atomic E-state index is -1.66. The van der Waals surface area contributed by atoms with Crippen LogP contribution in [0.15, 0.2) is 0 Å². The highest BCUT2D eigenvalue weighted by Crippen LogP contribution is 2.22. The number of rotatable bonds is 9. The van der Waals surface area contributed by atoms with Crippen molar-refractivity contribution in [3.05, 3.63) is 0 Å². The van der Waals surface area contributed by atoms with Crippen molar-refractivity contribution < 1.29 is 49.8 Å². The second-order valence-corrected chi connectivity index (χ2v) is 6.44. The molecule has 0 fully saturated rings. The van der Waals surface area contributed by atoms with E-state index in [1.54, 1.807) is 0 Å². The van der Waals surface area contributed by atoms with Crippen LogP contribution >= 0.6 is 21.6 Å². The first-order valence-electron chi connectivity index (χ1n) is 6.74. The van der Waals surface area contributed by atoms with Crippen molar-refractivity contribution in [3.63, 3.8) is 0 Å². The molecule has 0 radical (unpaired) electrons. The molecule has 0 spiro atoms. The van der Waals surface area contributed by atoms with Crippen LogP contribution in [0.3, 0.4) is 0 Å². The van der Waals surface area contributed by atoms with E-state index in [0.717, 1.165) is 35.8 Å². The summed E-state index contributed by atoms with van der Waals surface area (Å²) >= 11 is 0. The third-order valence-corrected chi connectivity index (χ3v) is 4.68. The van der Waals surface area contributed by atoms with Crippen molar-refractivity contribution in [2.75, 3.05) is 38.9 Å². The predicted octanol–water partition coefficient (Wildman–Crippen LogP) is -3.29. The topological polar surface area (TPSA) is 214 Å². The Balaban J connectivity index is -0.00000123. The Labute approximate surface area is 157 Å². The van der Waals surface area contributed by atoms with Gasteiger partial charge in [-0.3, -0.25) is 9.59 Å². The van der Waals surface area contributed by atoms with E-state index in [1.807, 2.05) is 0 Å². The molecule has 154 valence electrons. The third-order valence-electron chi connectivity index (χ3n) is 2.12. The first-order valence-corrected chi connectivity index (χ1v) is 9.23. The normalized spacial score (nSPS) is 11.5. The molecule has 0 aromatic carbocycles. The standard InChI is InChI=1S/C10H16N2O8S2.2CH4O/c13-1-5(11-7(15)9(17)18)3-21-22-4-6(2-14)12-8(16)10(19)20;2*1-2/h5-6,13-14H,1-4H2,(H,11,15)(H,12,16)(H,17,18)(H,19,20);2*2H,1H3. The zero-order valence-corrected chi connectivity index (χ0v) is 15.7. The molecule has 14 heteroatoms. The first kappa shape index (κ1) is 29.2. The van der Waals surface area contributed by atoms with Crippen LogP contribution in [0.5, 0.6) is 0 Å². The molecule has 0 aliphatic carbocycles. The number of carbonyl (C=O) groups excluding carboxylic acids is 2. The Morgan fingerprint density at radius 1 is 0.731 bits per heavy atom. The van der Waals surface area contributed by atoms with E-state index >= 15 is 0 Å². The molecule has 2 unspecified atom stereocenters. The summed E-state index contributed by atoms with van der Waals surface area (Å²) in [4.78, 5) is 42.5. The van der Waals surface area contributed by atoms with Crippen LogP contribution in [0.25, 0.3) is 0 Å². The van der Waals surface area contributed by atoms with Gasteiger partial charge in [0.15, 0.2) is 0 Å². The van der Waals surface area contributed by atoms with Crippen molar-refractivity contribution in [2.45, 2.75) is 12.1 Å². The summed E-state index contributed by atoms with van der Waals surface area (Å²) < 4.78 is 0. The molecular weight excluding hydrogens is 396 g/mol. The van der Waals surface area contributed by atoms with Crippen LogP contribution in [-0.2, 0) is 19.2 Å². The number of aliphatic hydroxyl groups is 4. The molecule has 2 atom stereocenters. The van der Waals surface area contributed by atoms with E-state index in [1.165, 1.54) is 0 Å².